The molecule has 0 saturated heterocycles. The van der Waals surface area contributed by atoms with Gasteiger partial charge in [0.15, 0.2) is 0 Å². The summed E-state index contributed by atoms with van der Waals surface area (Å²) in [7, 11) is 1.78. The lowest BCUT2D eigenvalue weighted by molar-refractivity contribution is 0.0794. The molecule has 0 aliphatic rings. The van der Waals surface area contributed by atoms with E-state index in [4.69, 9.17) is 5.73 Å². The SMILES string of the molecule is CC(C)C(N)CCN(C)C(=O)c1cc2cc(F)ccc2s1. The molecule has 1 heterocycles. The van der Waals surface area contributed by atoms with E-state index < -0.39 is 0 Å². The Morgan fingerprint density at radius 1 is 1.38 bits per heavy atom. The van der Waals surface area contributed by atoms with Crippen LogP contribution in [0.25, 0.3) is 10.1 Å². The molecule has 3 nitrogen and oxygen atoms in total. The standard InChI is InChI=1S/C16H21FN2OS/c1-10(2)13(18)6-7-19(3)16(20)15-9-11-8-12(17)4-5-14(11)21-15/h4-5,8-10,13H,6-7,18H2,1-3H3. The maximum atomic E-state index is 13.2. The van der Waals surface area contributed by atoms with Gasteiger partial charge in [0.25, 0.3) is 5.91 Å². The van der Waals surface area contributed by atoms with Gasteiger partial charge in [-0.2, -0.15) is 0 Å². The van der Waals surface area contributed by atoms with Crippen LogP contribution in [-0.2, 0) is 0 Å². The van der Waals surface area contributed by atoms with Crippen molar-refractivity contribution >= 4 is 27.3 Å². The third kappa shape index (κ3) is 3.80. The maximum Gasteiger partial charge on any atom is 0.263 e. The first kappa shape index (κ1) is 15.9. The van der Waals surface area contributed by atoms with Crippen molar-refractivity contribution in [3.8, 4) is 0 Å². The zero-order chi connectivity index (χ0) is 15.6. The lowest BCUT2D eigenvalue weighted by Crippen LogP contribution is -2.34. The van der Waals surface area contributed by atoms with Crippen molar-refractivity contribution in [3.05, 3.63) is 35.0 Å². The highest BCUT2D eigenvalue weighted by Gasteiger charge is 2.16. The van der Waals surface area contributed by atoms with Crippen LogP contribution in [0, 0.1) is 11.7 Å². The van der Waals surface area contributed by atoms with Crippen LogP contribution in [0.2, 0.25) is 0 Å². The first-order valence-electron chi connectivity index (χ1n) is 7.08. The third-order valence-corrected chi connectivity index (χ3v) is 4.79. The summed E-state index contributed by atoms with van der Waals surface area (Å²) in [5.41, 5.74) is 6.00. The molecule has 2 rings (SSSR count). The van der Waals surface area contributed by atoms with E-state index in [1.165, 1.54) is 23.5 Å². The minimum absolute atomic E-state index is 0.0347. The fraction of sp³-hybridized carbons (Fsp3) is 0.438. The summed E-state index contributed by atoms with van der Waals surface area (Å²) in [6, 6.07) is 6.43. The molecule has 1 unspecified atom stereocenters. The number of rotatable bonds is 5. The van der Waals surface area contributed by atoms with E-state index >= 15 is 0 Å². The molecule has 1 amide bonds. The summed E-state index contributed by atoms with van der Waals surface area (Å²) in [6.07, 6.45) is 0.777. The van der Waals surface area contributed by atoms with Crippen LogP contribution in [0.15, 0.2) is 24.3 Å². The molecule has 0 bridgehead atoms. The van der Waals surface area contributed by atoms with Crippen molar-refractivity contribution in [1.29, 1.82) is 0 Å². The molecule has 0 radical (unpaired) electrons. The highest BCUT2D eigenvalue weighted by atomic mass is 32.1. The van der Waals surface area contributed by atoms with Crippen molar-refractivity contribution in [2.24, 2.45) is 11.7 Å². The molecule has 21 heavy (non-hydrogen) atoms. The molecule has 0 saturated carbocycles. The van der Waals surface area contributed by atoms with E-state index in [2.05, 4.69) is 13.8 Å². The number of fused-ring (bicyclic) bond motifs is 1. The molecule has 5 heteroatoms. The minimum Gasteiger partial charge on any atom is -0.341 e. The lowest BCUT2D eigenvalue weighted by Gasteiger charge is -2.21. The summed E-state index contributed by atoms with van der Waals surface area (Å²) in [6.45, 7) is 4.78. The van der Waals surface area contributed by atoms with Gasteiger partial charge in [0.05, 0.1) is 4.88 Å². The van der Waals surface area contributed by atoms with Crippen LogP contribution in [-0.4, -0.2) is 30.4 Å². The summed E-state index contributed by atoms with van der Waals surface area (Å²) in [4.78, 5) is 14.7. The fourth-order valence-corrected chi connectivity index (χ4v) is 3.12. The second kappa shape index (κ2) is 6.54. The first-order chi connectivity index (χ1) is 9.88. The van der Waals surface area contributed by atoms with Gasteiger partial charge in [-0.15, -0.1) is 11.3 Å². The van der Waals surface area contributed by atoms with E-state index in [0.717, 1.165) is 16.5 Å². The molecule has 1 aromatic heterocycles. The maximum absolute atomic E-state index is 13.2. The van der Waals surface area contributed by atoms with E-state index in [-0.39, 0.29) is 17.8 Å². The van der Waals surface area contributed by atoms with Crippen molar-refractivity contribution in [1.82, 2.24) is 4.90 Å². The first-order valence-corrected chi connectivity index (χ1v) is 7.90. The van der Waals surface area contributed by atoms with Gasteiger partial charge in [0.1, 0.15) is 5.82 Å². The Bertz CT molecular complexity index is 638. The number of carbonyl (C=O) groups excluding carboxylic acids is 1. The van der Waals surface area contributed by atoms with Gasteiger partial charge >= 0.3 is 0 Å². The Morgan fingerprint density at radius 2 is 2.10 bits per heavy atom. The van der Waals surface area contributed by atoms with Crippen molar-refractivity contribution < 1.29 is 9.18 Å². The average Bonchev–Trinajstić information content (AvgIpc) is 2.86. The highest BCUT2D eigenvalue weighted by Crippen LogP contribution is 2.27. The number of carbonyl (C=O) groups is 1. The summed E-state index contributed by atoms with van der Waals surface area (Å²) >= 11 is 1.39. The average molecular weight is 308 g/mol. The molecule has 114 valence electrons. The minimum atomic E-state index is -0.282. The molecular weight excluding hydrogens is 287 g/mol. The fourth-order valence-electron chi connectivity index (χ4n) is 2.09. The number of benzene rings is 1. The van der Waals surface area contributed by atoms with Crippen LogP contribution >= 0.6 is 11.3 Å². The van der Waals surface area contributed by atoms with Gasteiger partial charge in [0, 0.05) is 24.3 Å². The summed E-state index contributed by atoms with van der Waals surface area (Å²) in [5, 5.41) is 0.774. The van der Waals surface area contributed by atoms with E-state index in [1.54, 1.807) is 24.1 Å². The predicted molar refractivity (Wildman–Crippen MR) is 86.2 cm³/mol. The molecule has 1 atom stereocenters. The smallest absolute Gasteiger partial charge is 0.263 e. The third-order valence-electron chi connectivity index (χ3n) is 3.69. The molecule has 1 aromatic carbocycles. The summed E-state index contributed by atoms with van der Waals surface area (Å²) in [5.74, 6) is 0.0870. The Kier molecular flexibility index (Phi) is 4.96. The summed E-state index contributed by atoms with van der Waals surface area (Å²) < 4.78 is 14.1. The molecule has 0 spiro atoms. The second-order valence-electron chi connectivity index (χ2n) is 5.72. The predicted octanol–water partition coefficient (Wildman–Crippen LogP) is 3.49. The van der Waals surface area contributed by atoms with Crippen LogP contribution in [0.5, 0.6) is 0 Å². The number of nitrogens with zero attached hydrogens (tertiary/aromatic N) is 1. The van der Waals surface area contributed by atoms with Gasteiger partial charge in [-0.3, -0.25) is 4.79 Å². The number of thiophene rings is 1. The largest absolute Gasteiger partial charge is 0.341 e. The lowest BCUT2D eigenvalue weighted by atomic mass is 10.0. The molecule has 0 fully saturated rings. The van der Waals surface area contributed by atoms with E-state index in [0.29, 0.717) is 17.3 Å². The van der Waals surface area contributed by atoms with Crippen molar-refractivity contribution in [2.75, 3.05) is 13.6 Å². The highest BCUT2D eigenvalue weighted by molar-refractivity contribution is 7.20. The van der Waals surface area contributed by atoms with Crippen LogP contribution in [0.1, 0.15) is 29.9 Å². The number of halogens is 1. The van der Waals surface area contributed by atoms with E-state index in [9.17, 15) is 9.18 Å². The van der Waals surface area contributed by atoms with Crippen molar-refractivity contribution in [2.45, 2.75) is 26.3 Å². The normalized spacial score (nSPS) is 12.9. The Labute approximate surface area is 128 Å². The van der Waals surface area contributed by atoms with Gasteiger partial charge in [0.2, 0.25) is 0 Å². The van der Waals surface area contributed by atoms with Gasteiger partial charge in [-0.25, -0.2) is 4.39 Å². The zero-order valence-corrected chi connectivity index (χ0v) is 13.4. The molecular formula is C16H21FN2OS. The Morgan fingerprint density at radius 3 is 2.76 bits per heavy atom. The molecule has 0 aliphatic heterocycles. The monoisotopic (exact) mass is 308 g/mol. The Balaban J connectivity index is 2.07. The Hall–Kier alpha value is -1.46. The topological polar surface area (TPSA) is 46.3 Å². The van der Waals surface area contributed by atoms with Gasteiger partial charge < -0.3 is 10.6 Å². The molecule has 2 N–H and O–H groups in total. The van der Waals surface area contributed by atoms with Gasteiger partial charge in [-0.05, 0) is 42.0 Å². The van der Waals surface area contributed by atoms with E-state index in [1.807, 2.05) is 0 Å². The van der Waals surface area contributed by atoms with Crippen LogP contribution in [0.3, 0.4) is 0 Å². The number of amides is 1. The second-order valence-corrected chi connectivity index (χ2v) is 6.80. The van der Waals surface area contributed by atoms with Crippen LogP contribution < -0.4 is 5.73 Å². The number of nitrogens with two attached hydrogens (primary N) is 1. The van der Waals surface area contributed by atoms with Crippen LogP contribution in [0.4, 0.5) is 4.39 Å². The zero-order valence-electron chi connectivity index (χ0n) is 12.6. The number of hydrogen-bond acceptors (Lipinski definition) is 3. The van der Waals surface area contributed by atoms with Gasteiger partial charge in [-0.1, -0.05) is 13.8 Å². The number of hydrogen-bond donors (Lipinski definition) is 1. The molecule has 0 aliphatic carbocycles. The molecule has 2 aromatic rings. The quantitative estimate of drug-likeness (QED) is 0.919. The van der Waals surface area contributed by atoms with Crippen molar-refractivity contribution in [3.63, 3.8) is 0 Å².